The normalized spacial score (nSPS) is 9.12. The Bertz CT molecular complexity index is 500. The molecule has 1 aromatic rings. The van der Waals surface area contributed by atoms with Crippen molar-refractivity contribution in [3.05, 3.63) is 29.6 Å². The summed E-state index contributed by atoms with van der Waals surface area (Å²) in [4.78, 5) is 12.2. The van der Waals surface area contributed by atoms with Crippen molar-refractivity contribution in [1.82, 2.24) is 0 Å². The third-order valence-corrected chi connectivity index (χ3v) is 2.05. The van der Waals surface area contributed by atoms with Crippen LogP contribution in [0.2, 0.25) is 0 Å². The number of benzene rings is 1. The molecule has 0 fully saturated rings. The number of carbonyl (C=O) groups is 1. The molecule has 86 valence electrons. The summed E-state index contributed by atoms with van der Waals surface area (Å²) in [5, 5.41) is 26.1. The fourth-order valence-electron chi connectivity index (χ4n) is 1.35. The molecule has 0 amide bonds. The van der Waals surface area contributed by atoms with Crippen LogP contribution in [0.4, 0.5) is 10.1 Å². The van der Waals surface area contributed by atoms with Crippen LogP contribution in [0.5, 0.6) is 0 Å². The second-order valence-corrected chi connectivity index (χ2v) is 3.14. The average Bonchev–Trinajstić information content (AvgIpc) is 2.28. The molecule has 0 aliphatic heterocycles. The topological polar surface area (TPSA) is 88.1 Å². The summed E-state index contributed by atoms with van der Waals surface area (Å²) in [6, 6.07) is 6.83. The number of carboxylic acids is 1. The van der Waals surface area contributed by atoms with E-state index in [0.29, 0.717) is 0 Å². The SMILES string of the molecule is N#CCN(CC#N)c1ccc(F)cc1C(=O)O. The molecule has 0 unspecified atom stereocenters. The number of carboxylic acid groups (broad SMARTS) is 1. The lowest BCUT2D eigenvalue weighted by molar-refractivity contribution is 0.0697. The summed E-state index contributed by atoms with van der Waals surface area (Å²) < 4.78 is 12.9. The molecule has 1 aromatic carbocycles. The summed E-state index contributed by atoms with van der Waals surface area (Å²) in [6.45, 7) is -0.279. The molecular formula is C11H8FN3O2. The Morgan fingerprint density at radius 2 is 1.94 bits per heavy atom. The molecule has 5 nitrogen and oxygen atoms in total. The van der Waals surface area contributed by atoms with Crippen molar-refractivity contribution in [3.8, 4) is 12.1 Å². The van der Waals surface area contributed by atoms with Crippen molar-refractivity contribution < 1.29 is 14.3 Å². The van der Waals surface area contributed by atoms with Crippen molar-refractivity contribution in [3.63, 3.8) is 0 Å². The average molecular weight is 233 g/mol. The van der Waals surface area contributed by atoms with Gasteiger partial charge in [-0.2, -0.15) is 10.5 Å². The summed E-state index contributed by atoms with van der Waals surface area (Å²) in [5.41, 5.74) is -0.113. The Kier molecular flexibility index (Phi) is 4.02. The molecule has 0 spiro atoms. The number of hydrogen-bond donors (Lipinski definition) is 1. The zero-order valence-electron chi connectivity index (χ0n) is 8.72. The lowest BCUT2D eigenvalue weighted by atomic mass is 10.1. The molecule has 17 heavy (non-hydrogen) atoms. The van der Waals surface area contributed by atoms with Crippen LogP contribution in [0.25, 0.3) is 0 Å². The molecule has 1 N–H and O–H groups in total. The minimum absolute atomic E-state index is 0.139. The van der Waals surface area contributed by atoms with Gasteiger partial charge in [-0.05, 0) is 18.2 Å². The van der Waals surface area contributed by atoms with Gasteiger partial charge in [0.05, 0.1) is 23.4 Å². The maximum Gasteiger partial charge on any atom is 0.337 e. The van der Waals surface area contributed by atoms with Crippen molar-refractivity contribution in [1.29, 1.82) is 10.5 Å². The van der Waals surface area contributed by atoms with Gasteiger partial charge in [0.15, 0.2) is 0 Å². The Balaban J connectivity index is 3.23. The Morgan fingerprint density at radius 3 is 2.41 bits per heavy atom. The number of rotatable bonds is 4. The highest BCUT2D eigenvalue weighted by Gasteiger charge is 2.16. The van der Waals surface area contributed by atoms with Crippen LogP contribution in [-0.2, 0) is 0 Å². The zero-order valence-corrected chi connectivity index (χ0v) is 8.72. The van der Waals surface area contributed by atoms with E-state index in [2.05, 4.69) is 0 Å². The Morgan fingerprint density at radius 1 is 1.35 bits per heavy atom. The molecule has 0 aliphatic rings. The molecule has 0 saturated carbocycles. The summed E-state index contributed by atoms with van der Waals surface area (Å²) in [6.07, 6.45) is 0. The smallest absolute Gasteiger partial charge is 0.337 e. The highest BCUT2D eigenvalue weighted by molar-refractivity contribution is 5.94. The first-order chi connectivity index (χ1) is 8.10. The van der Waals surface area contributed by atoms with Crippen LogP contribution >= 0.6 is 0 Å². The molecule has 6 heteroatoms. The van der Waals surface area contributed by atoms with Crippen molar-refractivity contribution in [2.45, 2.75) is 0 Å². The molecule has 0 aliphatic carbocycles. The lowest BCUT2D eigenvalue weighted by Gasteiger charge is -2.19. The predicted molar refractivity (Wildman–Crippen MR) is 56.8 cm³/mol. The summed E-state index contributed by atoms with van der Waals surface area (Å²) >= 11 is 0. The first-order valence-electron chi connectivity index (χ1n) is 4.62. The third kappa shape index (κ3) is 2.93. The van der Waals surface area contributed by atoms with E-state index in [0.717, 1.165) is 12.1 Å². The minimum atomic E-state index is -1.31. The second kappa shape index (κ2) is 5.47. The van der Waals surface area contributed by atoms with Crippen LogP contribution in [0, 0.1) is 28.5 Å². The standard InChI is InChI=1S/C11H8FN3O2/c12-8-1-2-10(9(7-8)11(16)17)15(5-3-13)6-4-14/h1-2,7H,5-6H2,(H,16,17). The van der Waals surface area contributed by atoms with Gasteiger partial charge in [0, 0.05) is 0 Å². The maximum absolute atomic E-state index is 12.9. The predicted octanol–water partition coefficient (Wildman–Crippen LogP) is 1.38. The molecule has 1 rings (SSSR count). The number of hydrogen-bond acceptors (Lipinski definition) is 4. The first kappa shape index (κ1) is 12.5. The molecule has 0 saturated heterocycles. The van der Waals surface area contributed by atoms with E-state index in [9.17, 15) is 9.18 Å². The van der Waals surface area contributed by atoms with Gasteiger partial charge in [0.2, 0.25) is 0 Å². The highest BCUT2D eigenvalue weighted by Crippen LogP contribution is 2.21. The Hall–Kier alpha value is -2.60. The molecule has 0 heterocycles. The monoisotopic (exact) mass is 233 g/mol. The van der Waals surface area contributed by atoms with Gasteiger partial charge in [-0.25, -0.2) is 9.18 Å². The quantitative estimate of drug-likeness (QED) is 0.793. The van der Waals surface area contributed by atoms with Crippen LogP contribution in [0.1, 0.15) is 10.4 Å². The second-order valence-electron chi connectivity index (χ2n) is 3.14. The van der Waals surface area contributed by atoms with E-state index < -0.39 is 11.8 Å². The van der Waals surface area contributed by atoms with Gasteiger partial charge in [0.1, 0.15) is 18.9 Å². The van der Waals surface area contributed by atoms with Crippen LogP contribution < -0.4 is 4.90 Å². The van der Waals surface area contributed by atoms with Gasteiger partial charge < -0.3 is 10.0 Å². The van der Waals surface area contributed by atoms with E-state index in [-0.39, 0.29) is 24.3 Å². The lowest BCUT2D eigenvalue weighted by Crippen LogP contribution is -2.25. The molecule has 0 bridgehead atoms. The maximum atomic E-state index is 12.9. The molecule has 0 atom stereocenters. The van der Waals surface area contributed by atoms with Crippen LogP contribution in [0.3, 0.4) is 0 Å². The van der Waals surface area contributed by atoms with Gasteiger partial charge in [-0.3, -0.25) is 0 Å². The van der Waals surface area contributed by atoms with Gasteiger partial charge >= 0.3 is 5.97 Å². The van der Waals surface area contributed by atoms with Crippen LogP contribution in [0.15, 0.2) is 18.2 Å². The zero-order chi connectivity index (χ0) is 12.8. The summed E-state index contributed by atoms with van der Waals surface area (Å²) in [5.74, 6) is -1.99. The van der Waals surface area contributed by atoms with E-state index in [1.165, 1.54) is 11.0 Å². The number of nitriles is 2. The molecule has 0 aromatic heterocycles. The van der Waals surface area contributed by atoms with E-state index in [4.69, 9.17) is 15.6 Å². The largest absolute Gasteiger partial charge is 0.478 e. The van der Waals surface area contributed by atoms with E-state index in [1.807, 2.05) is 12.1 Å². The first-order valence-corrected chi connectivity index (χ1v) is 4.62. The van der Waals surface area contributed by atoms with Crippen LogP contribution in [-0.4, -0.2) is 24.2 Å². The van der Waals surface area contributed by atoms with Gasteiger partial charge in [-0.1, -0.05) is 0 Å². The number of halogens is 1. The number of nitrogens with zero attached hydrogens (tertiary/aromatic N) is 3. The third-order valence-electron chi connectivity index (χ3n) is 2.05. The number of aromatic carboxylic acids is 1. The van der Waals surface area contributed by atoms with E-state index >= 15 is 0 Å². The fourth-order valence-corrected chi connectivity index (χ4v) is 1.35. The summed E-state index contributed by atoms with van der Waals surface area (Å²) in [7, 11) is 0. The Labute approximate surface area is 96.9 Å². The van der Waals surface area contributed by atoms with Crippen molar-refractivity contribution in [2.75, 3.05) is 18.0 Å². The van der Waals surface area contributed by atoms with E-state index in [1.54, 1.807) is 0 Å². The highest BCUT2D eigenvalue weighted by atomic mass is 19.1. The minimum Gasteiger partial charge on any atom is -0.478 e. The van der Waals surface area contributed by atoms with Crippen molar-refractivity contribution >= 4 is 11.7 Å². The molecular weight excluding hydrogens is 225 g/mol. The number of anilines is 1. The van der Waals surface area contributed by atoms with Gasteiger partial charge in [-0.15, -0.1) is 0 Å². The fraction of sp³-hybridized carbons (Fsp3) is 0.182. The molecule has 0 radical (unpaired) electrons. The van der Waals surface area contributed by atoms with Crippen molar-refractivity contribution in [2.24, 2.45) is 0 Å². The van der Waals surface area contributed by atoms with Gasteiger partial charge in [0.25, 0.3) is 0 Å².